The van der Waals surface area contributed by atoms with Crippen LogP contribution in [0.3, 0.4) is 0 Å². The number of hydrogen-bond acceptors (Lipinski definition) is 7. The maximum Gasteiger partial charge on any atom is 0.264 e. The summed E-state index contributed by atoms with van der Waals surface area (Å²) in [5.41, 5.74) is 3.20. The highest BCUT2D eigenvalue weighted by Crippen LogP contribution is 2.46. The fraction of sp³-hybridized carbons (Fsp3) is 0.564. The molecule has 2 aromatic carbocycles. The molecule has 0 saturated heterocycles. The van der Waals surface area contributed by atoms with Gasteiger partial charge in [0.15, 0.2) is 0 Å². The lowest BCUT2D eigenvalue weighted by molar-refractivity contribution is 0.0456. The van der Waals surface area contributed by atoms with Gasteiger partial charge in [-0.3, -0.25) is 4.79 Å². The van der Waals surface area contributed by atoms with E-state index in [-0.39, 0.29) is 41.8 Å². The van der Waals surface area contributed by atoms with Gasteiger partial charge in [0.1, 0.15) is 5.75 Å². The van der Waals surface area contributed by atoms with Crippen LogP contribution >= 0.6 is 11.6 Å². The van der Waals surface area contributed by atoms with Gasteiger partial charge in [-0.15, -0.1) is 6.58 Å². The van der Waals surface area contributed by atoms with Crippen LogP contribution in [0, 0.1) is 17.8 Å². The minimum Gasteiger partial charge on any atom is -0.490 e. The molecule has 3 aliphatic rings. The second-order valence-corrected chi connectivity index (χ2v) is 16.6. The first-order valence-electron chi connectivity index (χ1n) is 17.8. The molecule has 1 saturated carbocycles. The van der Waals surface area contributed by atoms with Crippen LogP contribution in [0.4, 0.5) is 5.69 Å². The number of halogens is 1. The zero-order chi connectivity index (χ0) is 35.2. The molecule has 2 aromatic rings. The van der Waals surface area contributed by atoms with Gasteiger partial charge in [0.25, 0.3) is 5.91 Å². The molecule has 1 aliphatic heterocycles. The van der Waals surface area contributed by atoms with Crippen LogP contribution in [-0.2, 0) is 26.6 Å². The number of nitrogens with one attached hydrogen (secondary N) is 1. The van der Waals surface area contributed by atoms with Crippen molar-refractivity contribution in [3.05, 3.63) is 82.9 Å². The smallest absolute Gasteiger partial charge is 0.264 e. The number of aliphatic hydroxyl groups is 1. The number of benzene rings is 2. The predicted octanol–water partition coefficient (Wildman–Crippen LogP) is 7.23. The highest BCUT2D eigenvalue weighted by molar-refractivity contribution is 7.90. The van der Waals surface area contributed by atoms with E-state index in [1.165, 1.54) is 18.2 Å². The molecule has 1 fully saturated rings. The third kappa shape index (κ3) is 8.55. The lowest BCUT2D eigenvalue weighted by Gasteiger charge is -2.45. The van der Waals surface area contributed by atoms with Crippen molar-refractivity contribution >= 4 is 33.2 Å². The number of ether oxygens (including phenoxy) is 2. The maximum atomic E-state index is 13.7. The molecule has 2 N–H and O–H groups in total. The van der Waals surface area contributed by atoms with Crippen LogP contribution in [0.15, 0.2) is 61.2 Å². The number of carbonyl (C=O) groups excluding carboxylic acids is 1. The van der Waals surface area contributed by atoms with Gasteiger partial charge in [0.2, 0.25) is 10.0 Å². The molecule has 5 rings (SSSR count). The topological polar surface area (TPSA) is 105 Å². The molecule has 10 heteroatoms. The van der Waals surface area contributed by atoms with Crippen LogP contribution in [0.25, 0.3) is 0 Å². The first-order chi connectivity index (χ1) is 23.5. The monoisotopic (exact) mass is 712 g/mol. The van der Waals surface area contributed by atoms with Gasteiger partial charge < -0.3 is 19.5 Å². The Balaban J connectivity index is 1.47. The zero-order valence-corrected chi connectivity index (χ0v) is 30.8. The van der Waals surface area contributed by atoms with Crippen LogP contribution in [0.5, 0.6) is 5.75 Å². The number of methoxy groups -OCH3 is 1. The van der Waals surface area contributed by atoms with E-state index < -0.39 is 27.3 Å². The third-order valence-electron chi connectivity index (χ3n) is 10.9. The number of carbonyl (C=O) groups is 1. The summed E-state index contributed by atoms with van der Waals surface area (Å²) in [5.74, 6) is 0.136. The number of nitrogens with zero attached hydrogens (tertiary/aromatic N) is 1. The average molecular weight is 713 g/mol. The van der Waals surface area contributed by atoms with E-state index in [1.54, 1.807) is 24.3 Å². The highest BCUT2D eigenvalue weighted by Gasteiger charge is 2.44. The molecule has 2 aliphatic carbocycles. The lowest BCUT2D eigenvalue weighted by Crippen LogP contribution is -2.49. The van der Waals surface area contributed by atoms with Crippen molar-refractivity contribution in [2.24, 2.45) is 17.8 Å². The van der Waals surface area contributed by atoms with Gasteiger partial charge in [-0.2, -0.15) is 0 Å². The van der Waals surface area contributed by atoms with Crippen LogP contribution in [0.2, 0.25) is 5.02 Å². The number of allylic oxidation sites excluding steroid dienone is 2. The molecule has 0 unspecified atom stereocenters. The Kier molecular flexibility index (Phi) is 12.6. The zero-order valence-electron chi connectivity index (χ0n) is 29.2. The van der Waals surface area contributed by atoms with Gasteiger partial charge in [-0.1, -0.05) is 56.2 Å². The Morgan fingerprint density at radius 2 is 2.08 bits per heavy atom. The summed E-state index contributed by atoms with van der Waals surface area (Å²) in [4.78, 5) is 16.0. The number of aliphatic hydroxyl groups excluding tert-OH is 1. The fourth-order valence-corrected chi connectivity index (χ4v) is 9.86. The lowest BCUT2D eigenvalue weighted by atomic mass is 9.68. The molecular weight excluding hydrogens is 660 g/mol. The largest absolute Gasteiger partial charge is 0.490 e. The summed E-state index contributed by atoms with van der Waals surface area (Å²) in [6.07, 6.45) is 12.8. The molecule has 6 atom stereocenters. The minimum absolute atomic E-state index is 0.146. The second-order valence-electron chi connectivity index (χ2n) is 14.3. The van der Waals surface area contributed by atoms with E-state index >= 15 is 0 Å². The Hall–Kier alpha value is -2.85. The molecule has 1 heterocycles. The van der Waals surface area contributed by atoms with Gasteiger partial charge in [0, 0.05) is 42.8 Å². The number of amides is 1. The predicted molar refractivity (Wildman–Crippen MR) is 197 cm³/mol. The standard InChI is InChI=1S/C39H53ClN2O6S/c1-5-7-8-12-35(43)32-16-13-30(32)24-42-25-39(20-9-11-28-22-31(40)15-17-33(28)39)26-48-36-18-14-29(23-34(36)42)38(44)41-49(45,46)37(19-21-47-4)27(3)10-6-2/h6,8,12,14-15,17-18,22-23,27,30,32,35,37,43H,2,5,7,9-11,13,16,19-21,24-26H2,1,3-4H3,(H,41,44)/b12-8+/t27-,30+,32+,35+,37+,39+/m1/s1. The number of unbranched alkanes of at least 4 members (excludes halogenated alkanes) is 1. The van der Waals surface area contributed by atoms with E-state index in [0.717, 1.165) is 55.7 Å². The molecule has 0 bridgehead atoms. The molecule has 1 spiro atoms. The summed E-state index contributed by atoms with van der Waals surface area (Å²) in [6.45, 7) is 9.83. The molecular formula is C39H53ClN2O6S. The van der Waals surface area contributed by atoms with E-state index in [0.29, 0.717) is 31.9 Å². The van der Waals surface area contributed by atoms with Crippen LogP contribution in [-0.4, -0.2) is 64.2 Å². The normalized spacial score (nSPS) is 23.8. The number of hydrogen-bond donors (Lipinski definition) is 2. The van der Waals surface area contributed by atoms with E-state index in [1.807, 2.05) is 19.1 Å². The fourth-order valence-electron chi connectivity index (χ4n) is 8.01. The Bertz CT molecular complexity index is 1610. The van der Waals surface area contributed by atoms with E-state index in [4.69, 9.17) is 21.1 Å². The molecule has 268 valence electrons. The second kappa shape index (κ2) is 16.4. The highest BCUT2D eigenvalue weighted by atomic mass is 35.5. The Morgan fingerprint density at radius 3 is 2.80 bits per heavy atom. The summed E-state index contributed by atoms with van der Waals surface area (Å²) < 4.78 is 41.3. The van der Waals surface area contributed by atoms with E-state index in [2.05, 4.69) is 41.3 Å². The number of fused-ring (bicyclic) bond motifs is 3. The Labute approximate surface area is 298 Å². The van der Waals surface area contributed by atoms with Crippen molar-refractivity contribution in [3.63, 3.8) is 0 Å². The molecule has 8 nitrogen and oxygen atoms in total. The van der Waals surface area contributed by atoms with Crippen molar-refractivity contribution in [1.29, 1.82) is 0 Å². The van der Waals surface area contributed by atoms with Crippen molar-refractivity contribution in [3.8, 4) is 5.75 Å². The quantitative estimate of drug-likeness (QED) is 0.188. The minimum atomic E-state index is -4.02. The van der Waals surface area contributed by atoms with Crippen LogP contribution in [0.1, 0.15) is 86.7 Å². The van der Waals surface area contributed by atoms with Gasteiger partial charge >= 0.3 is 0 Å². The summed E-state index contributed by atoms with van der Waals surface area (Å²) in [7, 11) is -2.49. The third-order valence-corrected chi connectivity index (χ3v) is 13.1. The van der Waals surface area contributed by atoms with Crippen molar-refractivity contribution in [1.82, 2.24) is 4.72 Å². The summed E-state index contributed by atoms with van der Waals surface area (Å²) in [5, 5.41) is 11.0. The molecule has 0 radical (unpaired) electrons. The first-order valence-corrected chi connectivity index (χ1v) is 19.8. The van der Waals surface area contributed by atoms with Crippen molar-refractivity contribution in [2.45, 2.75) is 88.4 Å². The number of rotatable bonds is 15. The van der Waals surface area contributed by atoms with Crippen molar-refractivity contribution in [2.75, 3.05) is 38.3 Å². The number of aryl methyl sites for hydroxylation is 1. The number of sulfonamides is 1. The SMILES string of the molecule is C=CC[C@@H](C)[C@H](CCOC)S(=O)(=O)NC(=O)c1ccc2c(c1)N(C[C@@H]1CC[C@@H]1[C@@H](O)/C=C/CCC)C[C@@]1(CCCc3cc(Cl)ccc31)CO2. The van der Waals surface area contributed by atoms with Crippen LogP contribution < -0.4 is 14.4 Å². The van der Waals surface area contributed by atoms with E-state index in [9.17, 15) is 18.3 Å². The number of anilines is 1. The van der Waals surface area contributed by atoms with Gasteiger partial charge in [0.05, 0.1) is 23.6 Å². The van der Waals surface area contributed by atoms with Gasteiger partial charge in [-0.05, 0) is 111 Å². The first kappa shape index (κ1) is 37.4. The van der Waals surface area contributed by atoms with Crippen molar-refractivity contribution < 1.29 is 27.8 Å². The maximum absolute atomic E-state index is 13.7. The average Bonchev–Trinajstić information content (AvgIpc) is 3.20. The van der Waals surface area contributed by atoms with Gasteiger partial charge in [-0.25, -0.2) is 13.1 Å². The molecule has 49 heavy (non-hydrogen) atoms. The summed E-state index contributed by atoms with van der Waals surface area (Å²) in [6, 6.07) is 11.4. The molecule has 1 amide bonds. The Morgan fingerprint density at radius 1 is 1.27 bits per heavy atom. The summed E-state index contributed by atoms with van der Waals surface area (Å²) >= 11 is 6.43. The molecule has 0 aromatic heterocycles.